The van der Waals surface area contributed by atoms with Gasteiger partial charge in [-0.05, 0) is 31.5 Å². The molecule has 0 fully saturated rings. The summed E-state index contributed by atoms with van der Waals surface area (Å²) in [4.78, 5) is 4.17. The topological polar surface area (TPSA) is 17.3 Å². The zero-order valence-corrected chi connectivity index (χ0v) is 7.25. The molecule has 2 aromatic rings. The predicted octanol–water partition coefficient (Wildman–Crippen LogP) is 2.36. The van der Waals surface area contributed by atoms with Crippen LogP contribution in [0.15, 0.2) is 24.5 Å². The van der Waals surface area contributed by atoms with Crippen LogP contribution < -0.4 is 0 Å². The van der Waals surface area contributed by atoms with Crippen LogP contribution in [-0.2, 0) is 6.42 Å². The Hall–Kier alpha value is -1.02. The first-order valence-electron chi connectivity index (χ1n) is 3.72. The van der Waals surface area contributed by atoms with Gasteiger partial charge < -0.3 is 0 Å². The SMILES string of the molecule is [CH2]Cc1cc2ccc(Cl)n2cn1. The second-order valence-corrected chi connectivity index (χ2v) is 2.97. The van der Waals surface area contributed by atoms with Crippen molar-refractivity contribution in [3.8, 4) is 0 Å². The minimum atomic E-state index is 0.688. The lowest BCUT2D eigenvalue weighted by Crippen LogP contribution is -1.91. The van der Waals surface area contributed by atoms with Gasteiger partial charge in [-0.2, -0.15) is 0 Å². The highest BCUT2D eigenvalue weighted by molar-refractivity contribution is 6.30. The molecule has 0 N–H and O–H groups in total. The molecule has 0 saturated heterocycles. The highest BCUT2D eigenvalue weighted by Gasteiger charge is 1.98. The average Bonchev–Trinajstić information content (AvgIpc) is 2.47. The number of halogens is 1. The van der Waals surface area contributed by atoms with Crippen molar-refractivity contribution in [3.63, 3.8) is 0 Å². The third kappa shape index (κ3) is 1.08. The van der Waals surface area contributed by atoms with Crippen molar-refractivity contribution in [1.29, 1.82) is 0 Å². The molecule has 61 valence electrons. The zero-order valence-electron chi connectivity index (χ0n) is 6.50. The van der Waals surface area contributed by atoms with Crippen molar-refractivity contribution in [3.05, 3.63) is 42.3 Å². The van der Waals surface area contributed by atoms with Gasteiger partial charge in [0.1, 0.15) is 11.5 Å². The lowest BCUT2D eigenvalue weighted by Gasteiger charge is -1.98. The Morgan fingerprint density at radius 1 is 1.50 bits per heavy atom. The smallest absolute Gasteiger partial charge is 0.114 e. The van der Waals surface area contributed by atoms with Gasteiger partial charge in [0.2, 0.25) is 0 Å². The largest absolute Gasteiger partial charge is 0.291 e. The standard InChI is InChI=1S/C9H8ClN2/c1-2-7-5-8-3-4-9(10)12(8)6-11-7/h3-6H,1-2H2. The number of hydrogen-bond acceptors (Lipinski definition) is 1. The first-order valence-corrected chi connectivity index (χ1v) is 4.10. The summed E-state index contributed by atoms with van der Waals surface area (Å²) in [6, 6.07) is 5.80. The van der Waals surface area contributed by atoms with Gasteiger partial charge in [0.15, 0.2) is 0 Å². The Kier molecular flexibility index (Phi) is 1.77. The van der Waals surface area contributed by atoms with Crippen molar-refractivity contribution >= 4 is 17.1 Å². The summed E-state index contributed by atoms with van der Waals surface area (Å²) in [5, 5.41) is 0.688. The molecule has 0 aliphatic carbocycles. The van der Waals surface area contributed by atoms with Gasteiger partial charge in [-0.3, -0.25) is 4.40 Å². The first-order chi connectivity index (χ1) is 5.81. The molecular weight excluding hydrogens is 172 g/mol. The van der Waals surface area contributed by atoms with Crippen LogP contribution in [0.2, 0.25) is 5.15 Å². The van der Waals surface area contributed by atoms with Crippen molar-refractivity contribution in [2.45, 2.75) is 6.42 Å². The molecule has 2 nitrogen and oxygen atoms in total. The summed E-state index contributed by atoms with van der Waals surface area (Å²) in [7, 11) is 0. The molecule has 1 radical (unpaired) electrons. The molecule has 0 amide bonds. The zero-order chi connectivity index (χ0) is 8.55. The second kappa shape index (κ2) is 2.79. The summed E-state index contributed by atoms with van der Waals surface area (Å²) in [6.45, 7) is 3.76. The molecule has 0 spiro atoms. The second-order valence-electron chi connectivity index (χ2n) is 2.58. The number of rotatable bonds is 1. The molecule has 0 aliphatic heterocycles. The van der Waals surface area contributed by atoms with Gasteiger partial charge in [-0.1, -0.05) is 11.6 Å². The van der Waals surface area contributed by atoms with Crippen LogP contribution in [-0.4, -0.2) is 9.38 Å². The molecule has 0 aliphatic rings. The molecule has 2 heterocycles. The summed E-state index contributed by atoms with van der Waals surface area (Å²) in [5.41, 5.74) is 2.05. The number of aromatic nitrogens is 2. The fraction of sp³-hybridized carbons (Fsp3) is 0.111. The van der Waals surface area contributed by atoms with E-state index < -0.39 is 0 Å². The monoisotopic (exact) mass is 179 g/mol. The van der Waals surface area contributed by atoms with Crippen LogP contribution in [0.3, 0.4) is 0 Å². The molecule has 0 aromatic carbocycles. The maximum atomic E-state index is 5.88. The van der Waals surface area contributed by atoms with Gasteiger partial charge in [-0.25, -0.2) is 4.98 Å². The summed E-state index contributed by atoms with van der Waals surface area (Å²) in [6.07, 6.45) is 2.43. The average molecular weight is 180 g/mol. The highest BCUT2D eigenvalue weighted by atomic mass is 35.5. The molecule has 0 saturated carbocycles. The summed E-state index contributed by atoms with van der Waals surface area (Å²) >= 11 is 5.88. The molecular formula is C9H8ClN2. The fourth-order valence-electron chi connectivity index (χ4n) is 1.15. The highest BCUT2D eigenvalue weighted by Crippen LogP contribution is 2.14. The van der Waals surface area contributed by atoms with Gasteiger partial charge in [0.25, 0.3) is 0 Å². The number of fused-ring (bicyclic) bond motifs is 1. The van der Waals surface area contributed by atoms with Crippen LogP contribution in [0.4, 0.5) is 0 Å². The van der Waals surface area contributed by atoms with Crippen molar-refractivity contribution in [2.75, 3.05) is 0 Å². The minimum absolute atomic E-state index is 0.688. The number of nitrogens with zero attached hydrogens (tertiary/aromatic N) is 2. The van der Waals surface area contributed by atoms with E-state index in [1.165, 1.54) is 0 Å². The third-order valence-electron chi connectivity index (χ3n) is 1.81. The van der Waals surface area contributed by atoms with Crippen molar-refractivity contribution in [2.24, 2.45) is 0 Å². The molecule has 2 rings (SSSR count). The maximum Gasteiger partial charge on any atom is 0.114 e. The van der Waals surface area contributed by atoms with Crippen molar-refractivity contribution in [1.82, 2.24) is 9.38 Å². The molecule has 3 heteroatoms. The Morgan fingerprint density at radius 3 is 3.08 bits per heavy atom. The van der Waals surface area contributed by atoms with Gasteiger partial charge >= 0.3 is 0 Å². The lowest BCUT2D eigenvalue weighted by molar-refractivity contribution is 1.02. The molecule has 12 heavy (non-hydrogen) atoms. The van der Waals surface area contributed by atoms with E-state index in [0.29, 0.717) is 11.6 Å². The van der Waals surface area contributed by atoms with Crippen LogP contribution >= 0.6 is 11.6 Å². The van der Waals surface area contributed by atoms with Crippen LogP contribution in [0.5, 0.6) is 0 Å². The van der Waals surface area contributed by atoms with Crippen LogP contribution in [0, 0.1) is 6.92 Å². The predicted molar refractivity (Wildman–Crippen MR) is 49.3 cm³/mol. The van der Waals surface area contributed by atoms with Gasteiger partial charge in [-0.15, -0.1) is 0 Å². The quantitative estimate of drug-likeness (QED) is 0.657. The Bertz CT molecular complexity index is 406. The van der Waals surface area contributed by atoms with E-state index in [-0.39, 0.29) is 0 Å². The van der Waals surface area contributed by atoms with Crippen LogP contribution in [0.25, 0.3) is 5.52 Å². The third-order valence-corrected chi connectivity index (χ3v) is 2.12. The fourth-order valence-corrected chi connectivity index (χ4v) is 1.36. The first kappa shape index (κ1) is 7.62. The van der Waals surface area contributed by atoms with E-state index in [0.717, 1.165) is 11.2 Å². The summed E-state index contributed by atoms with van der Waals surface area (Å²) in [5.74, 6) is 0. The summed E-state index contributed by atoms with van der Waals surface area (Å²) < 4.78 is 1.83. The minimum Gasteiger partial charge on any atom is -0.291 e. The van der Waals surface area contributed by atoms with Crippen molar-refractivity contribution < 1.29 is 0 Å². The van der Waals surface area contributed by atoms with Crippen LogP contribution in [0.1, 0.15) is 5.69 Å². The molecule has 2 aromatic heterocycles. The number of hydrogen-bond donors (Lipinski definition) is 0. The Balaban J connectivity index is 2.69. The Labute approximate surface area is 75.8 Å². The van der Waals surface area contributed by atoms with E-state index in [1.807, 2.05) is 22.6 Å². The maximum absolute atomic E-state index is 5.88. The molecule has 0 unspecified atom stereocenters. The van der Waals surface area contributed by atoms with E-state index in [1.54, 1.807) is 6.33 Å². The molecule has 0 bridgehead atoms. The van der Waals surface area contributed by atoms with E-state index in [2.05, 4.69) is 11.9 Å². The lowest BCUT2D eigenvalue weighted by atomic mass is 10.3. The van der Waals surface area contributed by atoms with Gasteiger partial charge in [0.05, 0.1) is 0 Å². The van der Waals surface area contributed by atoms with Gasteiger partial charge in [0, 0.05) is 11.2 Å². The molecule has 0 atom stereocenters. The van der Waals surface area contributed by atoms with E-state index >= 15 is 0 Å². The van der Waals surface area contributed by atoms with E-state index in [9.17, 15) is 0 Å². The van der Waals surface area contributed by atoms with E-state index in [4.69, 9.17) is 11.6 Å². The Morgan fingerprint density at radius 2 is 2.33 bits per heavy atom. The normalized spacial score (nSPS) is 10.8.